The first-order chi connectivity index (χ1) is 18.4. The number of methoxy groups -OCH3 is 1. The molecule has 0 heterocycles. The summed E-state index contributed by atoms with van der Waals surface area (Å²) in [6, 6.07) is 18.1. The minimum Gasteiger partial charge on any atom is -0.497 e. The maximum absolute atomic E-state index is 13.9. The van der Waals surface area contributed by atoms with E-state index in [2.05, 4.69) is 5.32 Å². The quantitative estimate of drug-likeness (QED) is 0.333. The number of rotatable bonds is 11. The standard InChI is InChI=1S/C28H31Cl2N3O5S/c1-19(2)31-28(35)20(3)32(17-21-10-13-23(38-4)14-11-21)27(34)18-33(26-15-12-22(29)16-25(26)30)39(36,37)24-8-6-5-7-9-24/h5-16,19-20H,17-18H2,1-4H3,(H,31,35). The van der Waals surface area contributed by atoms with Crippen molar-refractivity contribution in [1.29, 1.82) is 0 Å². The molecule has 0 radical (unpaired) electrons. The van der Waals surface area contributed by atoms with Crippen LogP contribution in [0, 0.1) is 0 Å². The first-order valence-electron chi connectivity index (χ1n) is 12.2. The third kappa shape index (κ3) is 7.65. The summed E-state index contributed by atoms with van der Waals surface area (Å²) in [5, 5.41) is 3.19. The molecule has 0 bridgehead atoms. The molecule has 0 aliphatic carbocycles. The zero-order valence-electron chi connectivity index (χ0n) is 22.1. The summed E-state index contributed by atoms with van der Waals surface area (Å²) in [5.41, 5.74) is 0.817. The molecule has 0 saturated heterocycles. The van der Waals surface area contributed by atoms with Gasteiger partial charge >= 0.3 is 0 Å². The van der Waals surface area contributed by atoms with Gasteiger partial charge in [-0.2, -0.15) is 0 Å². The van der Waals surface area contributed by atoms with Crippen LogP contribution in [0.1, 0.15) is 26.3 Å². The van der Waals surface area contributed by atoms with Crippen molar-refractivity contribution in [2.45, 2.75) is 44.3 Å². The maximum Gasteiger partial charge on any atom is 0.264 e. The van der Waals surface area contributed by atoms with Crippen LogP contribution in [0.5, 0.6) is 5.75 Å². The number of carbonyl (C=O) groups excluding carboxylic acids is 2. The van der Waals surface area contributed by atoms with Crippen molar-refractivity contribution in [3.05, 3.63) is 88.4 Å². The molecule has 3 rings (SSSR count). The van der Waals surface area contributed by atoms with Gasteiger partial charge in [0, 0.05) is 17.6 Å². The lowest BCUT2D eigenvalue weighted by molar-refractivity contribution is -0.139. The summed E-state index contributed by atoms with van der Waals surface area (Å²) in [7, 11) is -2.68. The molecule has 2 amide bonds. The van der Waals surface area contributed by atoms with Gasteiger partial charge in [0.1, 0.15) is 18.3 Å². The number of nitrogens with zero attached hydrogens (tertiary/aromatic N) is 2. The van der Waals surface area contributed by atoms with Crippen LogP contribution in [0.4, 0.5) is 5.69 Å². The number of benzene rings is 3. The molecule has 1 atom stereocenters. The lowest BCUT2D eigenvalue weighted by Crippen LogP contribution is -2.52. The Kier molecular flexibility index (Phi) is 10.2. The SMILES string of the molecule is COc1ccc(CN(C(=O)CN(c2ccc(Cl)cc2Cl)S(=O)(=O)c2ccccc2)C(C)C(=O)NC(C)C)cc1. The highest BCUT2D eigenvalue weighted by Gasteiger charge is 2.33. The number of ether oxygens (including phenoxy) is 1. The van der Waals surface area contributed by atoms with E-state index in [1.165, 1.54) is 35.2 Å². The predicted octanol–water partition coefficient (Wildman–Crippen LogP) is 5.14. The van der Waals surface area contributed by atoms with Crippen molar-refractivity contribution < 1.29 is 22.7 Å². The molecule has 0 aliphatic heterocycles. The van der Waals surface area contributed by atoms with E-state index in [9.17, 15) is 18.0 Å². The molecule has 1 unspecified atom stereocenters. The van der Waals surface area contributed by atoms with Gasteiger partial charge in [-0.3, -0.25) is 13.9 Å². The molecule has 208 valence electrons. The average Bonchev–Trinajstić information content (AvgIpc) is 2.90. The molecule has 0 fully saturated rings. The minimum atomic E-state index is -4.22. The predicted molar refractivity (Wildman–Crippen MR) is 154 cm³/mol. The molecule has 8 nitrogen and oxygen atoms in total. The number of amides is 2. The Hall–Kier alpha value is -3.27. The summed E-state index contributed by atoms with van der Waals surface area (Å²) in [5.74, 6) is -0.323. The van der Waals surface area contributed by atoms with E-state index in [4.69, 9.17) is 27.9 Å². The zero-order valence-corrected chi connectivity index (χ0v) is 24.4. The second kappa shape index (κ2) is 13.2. The fourth-order valence-electron chi connectivity index (χ4n) is 3.83. The van der Waals surface area contributed by atoms with Crippen LogP contribution in [0.15, 0.2) is 77.7 Å². The lowest BCUT2D eigenvalue weighted by Gasteiger charge is -2.32. The van der Waals surface area contributed by atoms with Crippen molar-refractivity contribution in [3.8, 4) is 5.75 Å². The third-order valence-electron chi connectivity index (χ3n) is 5.90. The van der Waals surface area contributed by atoms with Crippen molar-refractivity contribution >= 4 is 50.7 Å². The second-order valence-corrected chi connectivity index (χ2v) is 11.8. The van der Waals surface area contributed by atoms with Crippen molar-refractivity contribution in [3.63, 3.8) is 0 Å². The zero-order chi connectivity index (χ0) is 28.7. The Bertz CT molecular complexity index is 1400. The van der Waals surface area contributed by atoms with Crippen LogP contribution in [-0.2, 0) is 26.2 Å². The van der Waals surface area contributed by atoms with Crippen molar-refractivity contribution in [2.24, 2.45) is 0 Å². The summed E-state index contributed by atoms with van der Waals surface area (Å²) in [6.07, 6.45) is 0. The van der Waals surface area contributed by atoms with Gasteiger partial charge in [0.2, 0.25) is 11.8 Å². The van der Waals surface area contributed by atoms with Crippen LogP contribution >= 0.6 is 23.2 Å². The summed E-state index contributed by atoms with van der Waals surface area (Å²) < 4.78 is 33.7. The molecule has 0 spiro atoms. The monoisotopic (exact) mass is 591 g/mol. The van der Waals surface area contributed by atoms with Crippen molar-refractivity contribution in [2.75, 3.05) is 18.0 Å². The smallest absolute Gasteiger partial charge is 0.264 e. The Morgan fingerprint density at radius 3 is 2.15 bits per heavy atom. The Labute approximate surface area is 239 Å². The number of halogens is 2. The summed E-state index contributed by atoms with van der Waals surface area (Å²) in [4.78, 5) is 28.2. The number of hydrogen-bond acceptors (Lipinski definition) is 5. The van der Waals surface area contributed by atoms with Gasteiger partial charge < -0.3 is 15.0 Å². The van der Waals surface area contributed by atoms with E-state index in [1.54, 1.807) is 56.5 Å². The summed E-state index contributed by atoms with van der Waals surface area (Å²) in [6.45, 7) is 4.69. The molecule has 3 aromatic rings. The van der Waals surface area contributed by atoms with Crippen LogP contribution in [0.3, 0.4) is 0 Å². The maximum atomic E-state index is 13.9. The topological polar surface area (TPSA) is 96.0 Å². The highest BCUT2D eigenvalue weighted by Crippen LogP contribution is 2.33. The van der Waals surface area contributed by atoms with Crippen LogP contribution < -0.4 is 14.4 Å². The molecular formula is C28H31Cl2N3O5S. The van der Waals surface area contributed by atoms with Gasteiger partial charge in [-0.05, 0) is 68.8 Å². The highest BCUT2D eigenvalue weighted by molar-refractivity contribution is 7.92. The Balaban J connectivity index is 2.04. The second-order valence-electron chi connectivity index (χ2n) is 9.13. The number of carbonyl (C=O) groups is 2. The lowest BCUT2D eigenvalue weighted by atomic mass is 10.1. The van der Waals surface area contributed by atoms with E-state index in [0.29, 0.717) is 10.8 Å². The molecule has 3 aromatic carbocycles. The van der Waals surface area contributed by atoms with Gasteiger partial charge in [0.05, 0.1) is 22.7 Å². The van der Waals surface area contributed by atoms with Gasteiger partial charge in [-0.25, -0.2) is 8.42 Å². The molecule has 39 heavy (non-hydrogen) atoms. The molecule has 0 aliphatic rings. The fraction of sp³-hybridized carbons (Fsp3) is 0.286. The fourth-order valence-corrected chi connectivity index (χ4v) is 5.85. The molecule has 0 saturated carbocycles. The number of anilines is 1. The number of sulfonamides is 1. The van der Waals surface area contributed by atoms with Crippen LogP contribution in [0.25, 0.3) is 0 Å². The van der Waals surface area contributed by atoms with Gasteiger partial charge in [-0.1, -0.05) is 53.5 Å². The van der Waals surface area contributed by atoms with Gasteiger partial charge in [-0.15, -0.1) is 0 Å². The number of nitrogens with one attached hydrogen (secondary N) is 1. The van der Waals surface area contributed by atoms with Crippen LogP contribution in [0.2, 0.25) is 10.0 Å². The normalized spacial score (nSPS) is 12.1. The van der Waals surface area contributed by atoms with E-state index in [-0.39, 0.29) is 34.1 Å². The van der Waals surface area contributed by atoms with E-state index in [0.717, 1.165) is 9.87 Å². The van der Waals surface area contributed by atoms with E-state index < -0.39 is 28.5 Å². The van der Waals surface area contributed by atoms with E-state index in [1.807, 2.05) is 13.8 Å². The highest BCUT2D eigenvalue weighted by atomic mass is 35.5. The molecular weight excluding hydrogens is 561 g/mol. The molecule has 1 N–H and O–H groups in total. The largest absolute Gasteiger partial charge is 0.497 e. The van der Waals surface area contributed by atoms with Gasteiger partial charge in [0.25, 0.3) is 10.0 Å². The first kappa shape index (κ1) is 30.3. The van der Waals surface area contributed by atoms with E-state index >= 15 is 0 Å². The summed E-state index contributed by atoms with van der Waals surface area (Å²) >= 11 is 12.5. The average molecular weight is 593 g/mol. The Morgan fingerprint density at radius 1 is 0.949 bits per heavy atom. The molecule has 11 heteroatoms. The third-order valence-corrected chi connectivity index (χ3v) is 8.21. The number of hydrogen-bond donors (Lipinski definition) is 1. The Morgan fingerprint density at radius 2 is 1.59 bits per heavy atom. The van der Waals surface area contributed by atoms with Gasteiger partial charge in [0.15, 0.2) is 0 Å². The van der Waals surface area contributed by atoms with Crippen molar-refractivity contribution in [1.82, 2.24) is 10.2 Å². The first-order valence-corrected chi connectivity index (χ1v) is 14.4. The van der Waals surface area contributed by atoms with Crippen LogP contribution in [-0.4, -0.2) is 50.9 Å². The molecule has 0 aromatic heterocycles. The minimum absolute atomic E-state index is 0.0175.